The van der Waals surface area contributed by atoms with Crippen molar-refractivity contribution in [2.24, 2.45) is 0 Å². The summed E-state index contributed by atoms with van der Waals surface area (Å²) in [6.07, 6.45) is -0.593. The van der Waals surface area contributed by atoms with Gasteiger partial charge in [0.25, 0.3) is 0 Å². The Labute approximate surface area is 86.5 Å². The summed E-state index contributed by atoms with van der Waals surface area (Å²) in [5, 5.41) is 8.47. The first-order chi connectivity index (χ1) is 7.02. The van der Waals surface area contributed by atoms with Gasteiger partial charge in [0.15, 0.2) is 11.6 Å². The quantitative estimate of drug-likeness (QED) is 0.599. The minimum atomic E-state index is -1.20. The average Bonchev–Trinajstić information content (AvgIpc) is 2.16. The fourth-order valence-corrected chi connectivity index (χ4v) is 1.27. The van der Waals surface area contributed by atoms with Gasteiger partial charge in [0.05, 0.1) is 0 Å². The van der Waals surface area contributed by atoms with Crippen molar-refractivity contribution in [3.05, 3.63) is 35.4 Å². The van der Waals surface area contributed by atoms with Crippen LogP contribution in [0.25, 0.3) is 0 Å². The highest BCUT2D eigenvalue weighted by Gasteiger charge is 2.15. The molecule has 0 fully saturated rings. The molecule has 0 saturated heterocycles. The number of carbonyl (C=O) groups is 3. The number of hydrogen-bond donors (Lipinski definition) is 1. The fraction of sp³-hybridized carbons (Fsp3) is 0.182. The number of carboxylic acid groups (broad SMARTS) is 1. The molecule has 1 aromatic carbocycles. The molecule has 0 radical (unpaired) electrons. The first kappa shape index (κ1) is 11.1. The van der Waals surface area contributed by atoms with Gasteiger partial charge in [-0.25, -0.2) is 0 Å². The first-order valence-corrected chi connectivity index (χ1v) is 4.37. The lowest BCUT2D eigenvalue weighted by molar-refractivity contribution is -0.135. The molecule has 4 nitrogen and oxygen atoms in total. The molecule has 1 aromatic rings. The van der Waals surface area contributed by atoms with Crippen molar-refractivity contribution in [1.82, 2.24) is 0 Å². The maximum atomic E-state index is 11.4. The smallest absolute Gasteiger partial charge is 0.311 e. The molecule has 0 aliphatic rings. The minimum Gasteiger partial charge on any atom is -0.481 e. The molecule has 1 rings (SSSR count). The molecule has 0 aliphatic heterocycles. The Kier molecular flexibility index (Phi) is 3.33. The number of aliphatic carboxylic acids is 1. The van der Waals surface area contributed by atoms with E-state index < -0.39 is 18.2 Å². The van der Waals surface area contributed by atoms with E-state index in [-0.39, 0.29) is 16.9 Å². The van der Waals surface area contributed by atoms with E-state index in [4.69, 9.17) is 5.11 Å². The van der Waals surface area contributed by atoms with Crippen LogP contribution in [0.5, 0.6) is 0 Å². The van der Waals surface area contributed by atoms with E-state index in [2.05, 4.69) is 0 Å². The van der Waals surface area contributed by atoms with Crippen LogP contribution in [0.2, 0.25) is 0 Å². The van der Waals surface area contributed by atoms with Gasteiger partial charge in [0.1, 0.15) is 6.42 Å². The molecular formula is C11H10O4. The van der Waals surface area contributed by atoms with Crippen molar-refractivity contribution in [2.45, 2.75) is 13.3 Å². The Hall–Kier alpha value is -1.97. The van der Waals surface area contributed by atoms with E-state index >= 15 is 0 Å². The number of carboxylic acids is 1. The number of carbonyl (C=O) groups excluding carboxylic acids is 2. The van der Waals surface area contributed by atoms with Crippen molar-refractivity contribution >= 4 is 17.5 Å². The largest absolute Gasteiger partial charge is 0.481 e. The van der Waals surface area contributed by atoms with E-state index in [9.17, 15) is 14.4 Å². The van der Waals surface area contributed by atoms with Crippen LogP contribution < -0.4 is 0 Å². The third-order valence-corrected chi connectivity index (χ3v) is 1.92. The SMILES string of the molecule is CC(=O)c1ccccc1C(=O)CC(=O)O. The molecule has 0 saturated carbocycles. The molecule has 0 heterocycles. The predicted octanol–water partition coefficient (Wildman–Crippen LogP) is 1.55. The molecule has 0 unspecified atom stereocenters. The fourth-order valence-electron chi connectivity index (χ4n) is 1.27. The molecule has 0 bridgehead atoms. The standard InChI is InChI=1S/C11H10O4/c1-7(12)8-4-2-3-5-9(8)10(13)6-11(14)15/h2-5H,6H2,1H3,(H,14,15). The highest BCUT2D eigenvalue weighted by atomic mass is 16.4. The lowest BCUT2D eigenvalue weighted by atomic mass is 9.99. The molecule has 0 aromatic heterocycles. The lowest BCUT2D eigenvalue weighted by Crippen LogP contribution is -2.11. The van der Waals surface area contributed by atoms with Crippen LogP contribution in [0.15, 0.2) is 24.3 Å². The molecule has 1 N–H and O–H groups in total. The van der Waals surface area contributed by atoms with Gasteiger partial charge >= 0.3 is 5.97 Å². The zero-order valence-corrected chi connectivity index (χ0v) is 8.19. The topological polar surface area (TPSA) is 71.4 Å². The number of ketones is 2. The van der Waals surface area contributed by atoms with Gasteiger partial charge in [-0.2, -0.15) is 0 Å². The summed E-state index contributed by atoms with van der Waals surface area (Å²) in [4.78, 5) is 33.0. The van der Waals surface area contributed by atoms with Crippen LogP contribution in [0.1, 0.15) is 34.1 Å². The van der Waals surface area contributed by atoms with Gasteiger partial charge in [-0.15, -0.1) is 0 Å². The number of benzene rings is 1. The van der Waals surface area contributed by atoms with E-state index in [1.54, 1.807) is 12.1 Å². The van der Waals surface area contributed by atoms with Crippen molar-refractivity contribution < 1.29 is 19.5 Å². The predicted molar refractivity (Wildman–Crippen MR) is 53.0 cm³/mol. The molecule has 0 amide bonds. The van der Waals surface area contributed by atoms with Gasteiger partial charge in [-0.05, 0) is 6.92 Å². The maximum absolute atomic E-state index is 11.4. The molecular weight excluding hydrogens is 196 g/mol. The van der Waals surface area contributed by atoms with Crippen molar-refractivity contribution in [3.63, 3.8) is 0 Å². The van der Waals surface area contributed by atoms with Gasteiger partial charge in [-0.1, -0.05) is 24.3 Å². The Bertz CT molecular complexity index is 420. The second kappa shape index (κ2) is 4.50. The second-order valence-corrected chi connectivity index (χ2v) is 3.10. The Morgan fingerprint density at radius 1 is 1.13 bits per heavy atom. The van der Waals surface area contributed by atoms with E-state index in [1.165, 1.54) is 19.1 Å². The van der Waals surface area contributed by atoms with Crippen molar-refractivity contribution in [3.8, 4) is 0 Å². The molecule has 0 aliphatic carbocycles. The highest BCUT2D eigenvalue weighted by Crippen LogP contribution is 2.11. The Morgan fingerprint density at radius 3 is 2.13 bits per heavy atom. The summed E-state index contributed by atoms with van der Waals surface area (Å²) in [5.74, 6) is -1.99. The minimum absolute atomic E-state index is 0.174. The molecule has 15 heavy (non-hydrogen) atoms. The monoisotopic (exact) mass is 206 g/mol. The van der Waals surface area contributed by atoms with Crippen LogP contribution in [-0.4, -0.2) is 22.6 Å². The molecule has 4 heteroatoms. The maximum Gasteiger partial charge on any atom is 0.311 e. The van der Waals surface area contributed by atoms with Crippen LogP contribution in [-0.2, 0) is 4.79 Å². The van der Waals surface area contributed by atoms with Gasteiger partial charge in [0, 0.05) is 11.1 Å². The zero-order valence-electron chi connectivity index (χ0n) is 8.19. The van der Waals surface area contributed by atoms with Crippen molar-refractivity contribution in [2.75, 3.05) is 0 Å². The Balaban J connectivity index is 3.08. The van der Waals surface area contributed by atoms with Crippen molar-refractivity contribution in [1.29, 1.82) is 0 Å². The summed E-state index contributed by atoms with van der Waals surface area (Å²) in [6, 6.07) is 6.20. The van der Waals surface area contributed by atoms with Gasteiger partial charge in [-0.3, -0.25) is 14.4 Å². The molecule has 78 valence electrons. The number of rotatable bonds is 4. The summed E-state index contributed by atoms with van der Waals surface area (Å²) < 4.78 is 0. The molecule has 0 spiro atoms. The van der Waals surface area contributed by atoms with Crippen LogP contribution in [0, 0.1) is 0 Å². The third kappa shape index (κ3) is 2.74. The summed E-state index contributed by atoms with van der Waals surface area (Å²) in [5.41, 5.74) is 0.441. The number of Topliss-reactive ketones (excluding diaryl/α,β-unsaturated/α-hetero) is 2. The van der Waals surface area contributed by atoms with Crippen LogP contribution >= 0.6 is 0 Å². The van der Waals surface area contributed by atoms with E-state index in [0.29, 0.717) is 0 Å². The molecule has 0 atom stereocenters. The summed E-state index contributed by atoms with van der Waals surface area (Å²) >= 11 is 0. The highest BCUT2D eigenvalue weighted by molar-refractivity contribution is 6.12. The lowest BCUT2D eigenvalue weighted by Gasteiger charge is -2.03. The third-order valence-electron chi connectivity index (χ3n) is 1.92. The zero-order chi connectivity index (χ0) is 11.4. The summed E-state index contributed by atoms with van der Waals surface area (Å²) in [7, 11) is 0. The van der Waals surface area contributed by atoms with Crippen LogP contribution in [0.4, 0.5) is 0 Å². The van der Waals surface area contributed by atoms with Gasteiger partial charge < -0.3 is 5.11 Å². The second-order valence-electron chi connectivity index (χ2n) is 3.10. The summed E-state index contributed by atoms with van der Waals surface area (Å²) in [6.45, 7) is 1.34. The van der Waals surface area contributed by atoms with E-state index in [1.807, 2.05) is 0 Å². The van der Waals surface area contributed by atoms with Crippen LogP contribution in [0.3, 0.4) is 0 Å². The van der Waals surface area contributed by atoms with Gasteiger partial charge in [0.2, 0.25) is 0 Å². The first-order valence-electron chi connectivity index (χ1n) is 4.37. The normalized spacial score (nSPS) is 9.67. The Morgan fingerprint density at radius 2 is 1.67 bits per heavy atom. The average molecular weight is 206 g/mol. The van der Waals surface area contributed by atoms with E-state index in [0.717, 1.165) is 0 Å². The number of hydrogen-bond acceptors (Lipinski definition) is 3.